The second-order valence-corrected chi connectivity index (χ2v) is 7.85. The van der Waals surface area contributed by atoms with Gasteiger partial charge in [-0.2, -0.15) is 0 Å². The molecule has 0 aromatic carbocycles. The molecule has 2 aliphatic rings. The molecule has 2 amide bonds. The highest BCUT2D eigenvalue weighted by Gasteiger charge is 2.30. The van der Waals surface area contributed by atoms with Gasteiger partial charge in [0.05, 0.1) is 32.0 Å². The summed E-state index contributed by atoms with van der Waals surface area (Å²) in [6.45, 7) is 7.35. The van der Waals surface area contributed by atoms with Gasteiger partial charge < -0.3 is 31.2 Å². The fraction of sp³-hybridized carbons (Fsp3) is 0.737. The Morgan fingerprint density at radius 1 is 1.52 bits per heavy atom. The summed E-state index contributed by atoms with van der Waals surface area (Å²) in [6.07, 6.45) is 5.16. The first-order valence-electron chi connectivity index (χ1n) is 9.67. The Morgan fingerprint density at radius 2 is 2.30 bits per heavy atom. The quantitative estimate of drug-likeness (QED) is 0.565. The maximum atomic E-state index is 12.6. The molecule has 1 heterocycles. The molecule has 0 saturated carbocycles. The highest BCUT2D eigenvalue weighted by molar-refractivity contribution is 6.29. The van der Waals surface area contributed by atoms with Gasteiger partial charge in [-0.1, -0.05) is 24.6 Å². The van der Waals surface area contributed by atoms with E-state index in [-0.39, 0.29) is 24.1 Å². The van der Waals surface area contributed by atoms with Crippen LogP contribution in [0, 0.1) is 11.8 Å². The van der Waals surface area contributed by atoms with Crippen molar-refractivity contribution in [3.05, 3.63) is 22.9 Å². The van der Waals surface area contributed by atoms with Crippen molar-refractivity contribution in [2.75, 3.05) is 39.5 Å². The summed E-state index contributed by atoms with van der Waals surface area (Å²) in [5.74, 6) is 0.671. The molecule has 5 N–H and O–H groups in total. The predicted molar refractivity (Wildman–Crippen MR) is 107 cm³/mol. The van der Waals surface area contributed by atoms with Crippen LogP contribution in [0.4, 0.5) is 4.79 Å². The molecule has 4 atom stereocenters. The molecule has 27 heavy (non-hydrogen) atoms. The van der Waals surface area contributed by atoms with E-state index in [1.165, 1.54) is 6.20 Å². The molecular formula is C19H33ClN4O3. The molecule has 2 rings (SSSR count). The van der Waals surface area contributed by atoms with Gasteiger partial charge >= 0.3 is 6.03 Å². The van der Waals surface area contributed by atoms with Crippen molar-refractivity contribution in [2.24, 2.45) is 23.3 Å². The number of rotatable bonds is 7. The smallest absolute Gasteiger partial charge is 0.318 e. The molecule has 154 valence electrons. The van der Waals surface area contributed by atoms with E-state index in [0.29, 0.717) is 56.8 Å². The number of carbonyl (C=O) groups is 1. The van der Waals surface area contributed by atoms with Crippen LogP contribution < -0.4 is 16.8 Å². The summed E-state index contributed by atoms with van der Waals surface area (Å²) in [5.41, 5.74) is 12.2. The topological polar surface area (TPSA) is 103 Å². The normalized spacial score (nSPS) is 29.4. The number of nitrogens with one attached hydrogen (secondary N) is 1. The van der Waals surface area contributed by atoms with E-state index in [4.69, 9.17) is 32.5 Å². The third-order valence-corrected chi connectivity index (χ3v) is 5.56. The van der Waals surface area contributed by atoms with Crippen LogP contribution in [0.5, 0.6) is 0 Å². The van der Waals surface area contributed by atoms with Crippen molar-refractivity contribution >= 4 is 17.6 Å². The zero-order valence-electron chi connectivity index (χ0n) is 16.3. The lowest BCUT2D eigenvalue weighted by Crippen LogP contribution is -2.52. The first-order chi connectivity index (χ1) is 13.0. The average Bonchev–Trinajstić information content (AvgIpc) is 2.66. The zero-order chi connectivity index (χ0) is 19.8. The lowest BCUT2D eigenvalue weighted by Gasteiger charge is -2.36. The molecule has 1 aliphatic heterocycles. The van der Waals surface area contributed by atoms with E-state index in [1.54, 1.807) is 0 Å². The molecule has 8 heteroatoms. The van der Waals surface area contributed by atoms with Gasteiger partial charge in [-0.25, -0.2) is 4.79 Å². The second kappa shape index (κ2) is 10.9. The van der Waals surface area contributed by atoms with Crippen molar-refractivity contribution in [1.29, 1.82) is 0 Å². The highest BCUT2D eigenvalue weighted by Crippen LogP contribution is 2.34. The Labute approximate surface area is 167 Å². The van der Waals surface area contributed by atoms with Gasteiger partial charge in [0.15, 0.2) is 0 Å². The number of ether oxygens (including phenoxy) is 2. The Hall–Kier alpha value is -1.28. The van der Waals surface area contributed by atoms with Gasteiger partial charge in [0.2, 0.25) is 0 Å². The molecule has 0 spiro atoms. The fourth-order valence-corrected chi connectivity index (χ4v) is 3.81. The number of halogens is 1. The summed E-state index contributed by atoms with van der Waals surface area (Å²) < 4.78 is 11.3. The van der Waals surface area contributed by atoms with Crippen LogP contribution in [-0.2, 0) is 9.47 Å². The van der Waals surface area contributed by atoms with Gasteiger partial charge in [0.1, 0.15) is 0 Å². The largest absolute Gasteiger partial charge is 0.404 e. The molecule has 1 aliphatic carbocycles. The maximum Gasteiger partial charge on any atom is 0.318 e. The SMILES string of the molecule is C[C@H]1CC(OCCN)C(CNC(=O)N2CCOC[C@@H]2C)=CC1C/C(Cl)=C\N. The minimum Gasteiger partial charge on any atom is -0.404 e. The van der Waals surface area contributed by atoms with Crippen molar-refractivity contribution in [3.8, 4) is 0 Å². The van der Waals surface area contributed by atoms with E-state index in [9.17, 15) is 4.79 Å². The second-order valence-electron chi connectivity index (χ2n) is 7.36. The molecule has 2 unspecified atom stereocenters. The number of carbonyl (C=O) groups excluding carboxylic acids is 1. The Balaban J connectivity index is 2.04. The lowest BCUT2D eigenvalue weighted by atomic mass is 9.78. The number of nitrogens with zero attached hydrogens (tertiary/aromatic N) is 1. The van der Waals surface area contributed by atoms with Gasteiger partial charge in [-0.3, -0.25) is 0 Å². The molecular weight excluding hydrogens is 368 g/mol. The number of urea groups is 1. The van der Waals surface area contributed by atoms with Gasteiger partial charge in [0.25, 0.3) is 0 Å². The van der Waals surface area contributed by atoms with Gasteiger partial charge in [-0.15, -0.1) is 0 Å². The van der Waals surface area contributed by atoms with E-state index in [0.717, 1.165) is 12.0 Å². The predicted octanol–water partition coefficient (Wildman–Crippen LogP) is 1.77. The van der Waals surface area contributed by atoms with Crippen molar-refractivity contribution in [2.45, 2.75) is 38.8 Å². The number of allylic oxidation sites excluding steroid dienone is 2. The fourth-order valence-electron chi connectivity index (χ4n) is 3.63. The molecule has 0 bridgehead atoms. The van der Waals surface area contributed by atoms with Crippen LogP contribution in [0.15, 0.2) is 22.9 Å². The summed E-state index contributed by atoms with van der Waals surface area (Å²) >= 11 is 6.15. The Kier molecular flexibility index (Phi) is 8.89. The molecule has 1 saturated heterocycles. The minimum atomic E-state index is -0.0701. The van der Waals surface area contributed by atoms with Crippen LogP contribution in [0.2, 0.25) is 0 Å². The number of hydrogen-bond donors (Lipinski definition) is 3. The van der Waals surface area contributed by atoms with Crippen LogP contribution >= 0.6 is 11.6 Å². The molecule has 7 nitrogen and oxygen atoms in total. The van der Waals surface area contributed by atoms with Crippen molar-refractivity contribution in [3.63, 3.8) is 0 Å². The van der Waals surface area contributed by atoms with Gasteiger partial charge in [-0.05, 0) is 37.2 Å². The first kappa shape index (κ1) is 22.0. The molecule has 0 aromatic heterocycles. The van der Waals surface area contributed by atoms with E-state index in [2.05, 4.69) is 18.3 Å². The van der Waals surface area contributed by atoms with Crippen LogP contribution in [0.3, 0.4) is 0 Å². The summed E-state index contributed by atoms with van der Waals surface area (Å²) in [5, 5.41) is 3.69. The third kappa shape index (κ3) is 6.38. The summed E-state index contributed by atoms with van der Waals surface area (Å²) in [4.78, 5) is 14.4. The Morgan fingerprint density at radius 3 is 2.96 bits per heavy atom. The average molecular weight is 401 g/mol. The molecule has 1 fully saturated rings. The summed E-state index contributed by atoms with van der Waals surface area (Å²) in [6, 6.07) is 0.00368. The number of amides is 2. The minimum absolute atomic E-state index is 0.0390. The van der Waals surface area contributed by atoms with Gasteiger partial charge in [0, 0.05) is 30.9 Å². The Bertz CT molecular complexity index is 555. The summed E-state index contributed by atoms with van der Waals surface area (Å²) in [7, 11) is 0. The number of hydrogen-bond acceptors (Lipinski definition) is 5. The lowest BCUT2D eigenvalue weighted by molar-refractivity contribution is 0.0188. The molecule has 0 aromatic rings. The van der Waals surface area contributed by atoms with E-state index in [1.807, 2.05) is 11.8 Å². The van der Waals surface area contributed by atoms with E-state index >= 15 is 0 Å². The monoisotopic (exact) mass is 400 g/mol. The maximum absolute atomic E-state index is 12.6. The first-order valence-corrected chi connectivity index (χ1v) is 10.0. The number of nitrogens with two attached hydrogens (primary N) is 2. The highest BCUT2D eigenvalue weighted by atomic mass is 35.5. The molecule has 0 radical (unpaired) electrons. The standard InChI is InChI=1S/C19H33ClN4O3/c1-13-7-18(27-5-3-21)16(8-15(13)9-17(20)10-22)11-23-19(25)24-4-6-26-12-14(24)2/h8,10,13-15,18H,3-7,9,11-12,21-22H2,1-2H3,(H,23,25)/b17-10+/t13-,14-,15?,18?/m0/s1. The van der Waals surface area contributed by atoms with Crippen LogP contribution in [0.1, 0.15) is 26.7 Å². The van der Waals surface area contributed by atoms with Crippen LogP contribution in [-0.4, -0.2) is 62.5 Å². The van der Waals surface area contributed by atoms with Crippen molar-refractivity contribution in [1.82, 2.24) is 10.2 Å². The third-order valence-electron chi connectivity index (χ3n) is 5.28. The van der Waals surface area contributed by atoms with Crippen LogP contribution in [0.25, 0.3) is 0 Å². The van der Waals surface area contributed by atoms with E-state index < -0.39 is 0 Å². The zero-order valence-corrected chi connectivity index (χ0v) is 17.1. The number of morpholine rings is 1. The van der Waals surface area contributed by atoms with Crippen molar-refractivity contribution < 1.29 is 14.3 Å².